The number of hydrogen-bond donors (Lipinski definition) is 1. The molecule has 102 valence electrons. The van der Waals surface area contributed by atoms with Gasteiger partial charge in [-0.1, -0.05) is 6.92 Å². The second-order valence-electron chi connectivity index (χ2n) is 6.17. The molecule has 1 fully saturated rings. The van der Waals surface area contributed by atoms with Crippen molar-refractivity contribution in [3.8, 4) is 6.07 Å². The Hall–Kier alpha value is -1.28. The Labute approximate surface area is 108 Å². The van der Waals surface area contributed by atoms with Crippen LogP contribution in [0.1, 0.15) is 41.0 Å². The topological polar surface area (TPSA) is 73.6 Å². The van der Waals surface area contributed by atoms with Crippen LogP contribution in [0.3, 0.4) is 0 Å². The first-order valence-corrected chi connectivity index (χ1v) is 6.18. The number of nitriles is 1. The molecular formula is C13H22N2O3. The first-order valence-electron chi connectivity index (χ1n) is 6.18. The lowest BCUT2D eigenvalue weighted by Gasteiger charge is -2.52. The van der Waals surface area contributed by atoms with Gasteiger partial charge in [0.2, 0.25) is 0 Å². The molecule has 1 saturated heterocycles. The van der Waals surface area contributed by atoms with E-state index in [4.69, 9.17) is 10.00 Å². The smallest absolute Gasteiger partial charge is 0.410 e. The van der Waals surface area contributed by atoms with Crippen LogP contribution in [-0.4, -0.2) is 40.4 Å². The third-order valence-corrected chi connectivity index (χ3v) is 3.54. The van der Waals surface area contributed by atoms with E-state index in [2.05, 4.69) is 6.07 Å². The van der Waals surface area contributed by atoms with Gasteiger partial charge in [-0.15, -0.1) is 0 Å². The second kappa shape index (κ2) is 4.43. The number of ether oxygens (including phenoxy) is 1. The van der Waals surface area contributed by atoms with E-state index >= 15 is 0 Å². The molecule has 1 heterocycles. The number of β-amino-alcohol motifs (C(OH)–C–C–N with tert-alkyl or cyclic N) is 1. The molecule has 0 spiro atoms. The molecule has 1 unspecified atom stereocenters. The highest BCUT2D eigenvalue weighted by atomic mass is 16.6. The standard InChI is InChI=1S/C13H22N2O3/c1-6-12(5,7-14)13(17)8-15(9-13)10(16)18-11(2,3)4/h17H,6,8-9H2,1-5H3. The van der Waals surface area contributed by atoms with Crippen molar-refractivity contribution in [1.82, 2.24) is 4.90 Å². The zero-order valence-electron chi connectivity index (χ0n) is 11.8. The highest BCUT2D eigenvalue weighted by molar-refractivity contribution is 5.69. The first kappa shape index (κ1) is 14.8. The van der Waals surface area contributed by atoms with E-state index in [0.29, 0.717) is 6.42 Å². The van der Waals surface area contributed by atoms with E-state index in [1.165, 1.54) is 4.90 Å². The van der Waals surface area contributed by atoms with Crippen LogP contribution >= 0.6 is 0 Å². The summed E-state index contributed by atoms with van der Waals surface area (Å²) in [5.41, 5.74) is -2.51. The second-order valence-corrected chi connectivity index (χ2v) is 6.17. The summed E-state index contributed by atoms with van der Waals surface area (Å²) in [5.74, 6) is 0. The lowest BCUT2D eigenvalue weighted by Crippen LogP contribution is -2.70. The third kappa shape index (κ3) is 2.59. The van der Waals surface area contributed by atoms with Gasteiger partial charge >= 0.3 is 6.09 Å². The molecule has 18 heavy (non-hydrogen) atoms. The zero-order chi connectivity index (χ0) is 14.2. The summed E-state index contributed by atoms with van der Waals surface area (Å²) in [4.78, 5) is 13.2. The van der Waals surface area contributed by atoms with Gasteiger partial charge in [-0.2, -0.15) is 5.26 Å². The third-order valence-electron chi connectivity index (χ3n) is 3.54. The van der Waals surface area contributed by atoms with Crippen molar-refractivity contribution < 1.29 is 14.6 Å². The van der Waals surface area contributed by atoms with Crippen molar-refractivity contribution in [1.29, 1.82) is 5.26 Å². The largest absolute Gasteiger partial charge is 0.444 e. The minimum Gasteiger partial charge on any atom is -0.444 e. The molecule has 0 aliphatic carbocycles. The number of rotatable bonds is 2. The van der Waals surface area contributed by atoms with Crippen LogP contribution in [-0.2, 0) is 4.74 Å². The molecule has 0 aromatic carbocycles. The maximum absolute atomic E-state index is 11.7. The van der Waals surface area contributed by atoms with Crippen molar-refractivity contribution in [2.45, 2.75) is 52.2 Å². The van der Waals surface area contributed by atoms with Gasteiger partial charge in [0.1, 0.15) is 11.2 Å². The molecule has 0 aromatic heterocycles. The van der Waals surface area contributed by atoms with Crippen LogP contribution in [0.25, 0.3) is 0 Å². The average Bonchev–Trinajstić information content (AvgIpc) is 2.20. The minimum absolute atomic E-state index is 0.153. The lowest BCUT2D eigenvalue weighted by molar-refractivity contribution is -0.150. The Balaban J connectivity index is 2.64. The van der Waals surface area contributed by atoms with Gasteiger partial charge in [0.25, 0.3) is 0 Å². The molecule has 5 nitrogen and oxygen atoms in total. The zero-order valence-corrected chi connectivity index (χ0v) is 11.8. The Morgan fingerprint density at radius 3 is 2.28 bits per heavy atom. The van der Waals surface area contributed by atoms with E-state index in [9.17, 15) is 9.90 Å². The lowest BCUT2D eigenvalue weighted by atomic mass is 9.68. The number of nitrogens with zero attached hydrogens (tertiary/aromatic N) is 2. The average molecular weight is 254 g/mol. The summed E-state index contributed by atoms with van der Waals surface area (Å²) in [6, 6.07) is 2.15. The number of carbonyl (C=O) groups is 1. The van der Waals surface area contributed by atoms with Gasteiger partial charge in [-0.05, 0) is 34.1 Å². The number of likely N-dealkylation sites (tertiary alicyclic amines) is 1. The van der Waals surface area contributed by atoms with Gasteiger partial charge in [0.05, 0.1) is 24.6 Å². The summed E-state index contributed by atoms with van der Waals surface area (Å²) in [5, 5.41) is 19.5. The molecule has 0 saturated carbocycles. The Bertz CT molecular complexity index is 375. The summed E-state index contributed by atoms with van der Waals surface area (Å²) >= 11 is 0. The molecule has 1 aliphatic rings. The monoisotopic (exact) mass is 254 g/mol. The minimum atomic E-state index is -1.13. The van der Waals surface area contributed by atoms with E-state index in [-0.39, 0.29) is 13.1 Å². The van der Waals surface area contributed by atoms with Crippen LogP contribution in [0.2, 0.25) is 0 Å². The van der Waals surface area contributed by atoms with Gasteiger partial charge < -0.3 is 14.7 Å². The van der Waals surface area contributed by atoms with Crippen LogP contribution in [0.5, 0.6) is 0 Å². The van der Waals surface area contributed by atoms with E-state index in [1.807, 2.05) is 6.92 Å². The van der Waals surface area contributed by atoms with Crippen molar-refractivity contribution >= 4 is 6.09 Å². The molecule has 1 N–H and O–H groups in total. The molecule has 5 heteroatoms. The van der Waals surface area contributed by atoms with Crippen LogP contribution in [0.4, 0.5) is 4.79 Å². The Morgan fingerprint density at radius 1 is 1.44 bits per heavy atom. The molecule has 1 rings (SSSR count). The van der Waals surface area contributed by atoms with Crippen LogP contribution in [0, 0.1) is 16.7 Å². The van der Waals surface area contributed by atoms with Crippen LogP contribution in [0.15, 0.2) is 0 Å². The predicted molar refractivity (Wildman–Crippen MR) is 66.8 cm³/mol. The van der Waals surface area contributed by atoms with Crippen molar-refractivity contribution in [3.63, 3.8) is 0 Å². The molecular weight excluding hydrogens is 232 g/mol. The normalized spacial score (nSPS) is 21.5. The molecule has 1 atom stereocenters. The Morgan fingerprint density at radius 2 is 1.94 bits per heavy atom. The summed E-state index contributed by atoms with van der Waals surface area (Å²) in [7, 11) is 0. The fraction of sp³-hybridized carbons (Fsp3) is 0.846. The fourth-order valence-electron chi connectivity index (χ4n) is 1.90. The number of carbonyl (C=O) groups excluding carboxylic acids is 1. The maximum atomic E-state index is 11.7. The summed E-state index contributed by atoms with van der Waals surface area (Å²) < 4.78 is 5.21. The van der Waals surface area contributed by atoms with Crippen molar-refractivity contribution in [2.24, 2.45) is 5.41 Å². The van der Waals surface area contributed by atoms with Gasteiger partial charge in [0, 0.05) is 0 Å². The highest BCUT2D eigenvalue weighted by Gasteiger charge is 2.56. The number of aliphatic hydroxyl groups is 1. The van der Waals surface area contributed by atoms with Crippen molar-refractivity contribution in [3.05, 3.63) is 0 Å². The summed E-state index contributed by atoms with van der Waals surface area (Å²) in [6.07, 6.45) is 0.103. The molecule has 1 aliphatic heterocycles. The first-order chi connectivity index (χ1) is 8.07. The fourth-order valence-corrected chi connectivity index (χ4v) is 1.90. The number of hydrogen-bond acceptors (Lipinski definition) is 4. The van der Waals surface area contributed by atoms with Crippen molar-refractivity contribution in [2.75, 3.05) is 13.1 Å². The molecule has 1 amide bonds. The van der Waals surface area contributed by atoms with Gasteiger partial charge in [0.15, 0.2) is 0 Å². The SMILES string of the molecule is CCC(C)(C#N)C1(O)CN(C(=O)OC(C)(C)C)C1. The molecule has 0 radical (unpaired) electrons. The van der Waals surface area contributed by atoms with E-state index in [0.717, 1.165) is 0 Å². The highest BCUT2D eigenvalue weighted by Crippen LogP contribution is 2.41. The van der Waals surface area contributed by atoms with E-state index in [1.54, 1.807) is 27.7 Å². The van der Waals surface area contributed by atoms with Gasteiger partial charge in [-0.3, -0.25) is 0 Å². The van der Waals surface area contributed by atoms with Gasteiger partial charge in [-0.25, -0.2) is 4.79 Å². The molecule has 0 aromatic rings. The summed E-state index contributed by atoms with van der Waals surface area (Å²) in [6.45, 7) is 9.27. The molecule has 0 bridgehead atoms. The maximum Gasteiger partial charge on any atom is 0.410 e. The predicted octanol–water partition coefficient (Wildman–Crippen LogP) is 1.91. The Kier molecular flexibility index (Phi) is 3.64. The quantitative estimate of drug-likeness (QED) is 0.817. The number of amides is 1. The van der Waals surface area contributed by atoms with E-state index < -0.39 is 22.7 Å². The van der Waals surface area contributed by atoms with Crippen LogP contribution < -0.4 is 0 Å².